The number of imidazole rings is 1. The Morgan fingerprint density at radius 2 is 1.96 bits per heavy atom. The van der Waals surface area contributed by atoms with E-state index in [2.05, 4.69) is 60.7 Å². The van der Waals surface area contributed by atoms with Crippen LogP contribution >= 0.6 is 0 Å². The van der Waals surface area contributed by atoms with Crippen molar-refractivity contribution in [3.63, 3.8) is 0 Å². The minimum atomic E-state index is 0.481. The summed E-state index contributed by atoms with van der Waals surface area (Å²) in [6, 6.07) is 6.88. The fraction of sp³-hybridized carbons (Fsp3) is 0.429. The third-order valence-corrected chi connectivity index (χ3v) is 5.52. The number of aromatic nitrogens is 4. The van der Waals surface area contributed by atoms with Crippen LogP contribution in [-0.2, 0) is 0 Å². The summed E-state index contributed by atoms with van der Waals surface area (Å²) in [7, 11) is 2.21. The molecule has 0 unspecified atom stereocenters. The van der Waals surface area contributed by atoms with Crippen LogP contribution in [0.15, 0.2) is 43.0 Å². The Balaban J connectivity index is 1.84. The van der Waals surface area contributed by atoms with E-state index in [-0.39, 0.29) is 0 Å². The standard InChI is InChI=1S/C21H27N5/c1-15-12-16(2)20(19(13-15)26-9-5-7-23-26)21-22-8-11-25(21)18-6-10-24(4)14-17(18)3/h5,7-9,11-13,17-18H,6,10,14H2,1-4H3/t17-,18-/m0/s1. The van der Waals surface area contributed by atoms with Crippen LogP contribution in [0.25, 0.3) is 17.1 Å². The average Bonchev–Trinajstić information content (AvgIpc) is 3.25. The molecule has 0 saturated carbocycles. The Morgan fingerprint density at radius 1 is 1.12 bits per heavy atom. The van der Waals surface area contributed by atoms with Gasteiger partial charge in [0.1, 0.15) is 5.82 Å². The number of benzene rings is 1. The quantitative estimate of drug-likeness (QED) is 0.721. The Morgan fingerprint density at radius 3 is 2.69 bits per heavy atom. The smallest absolute Gasteiger partial charge is 0.142 e. The minimum Gasteiger partial charge on any atom is -0.327 e. The largest absolute Gasteiger partial charge is 0.327 e. The molecular weight excluding hydrogens is 322 g/mol. The third kappa shape index (κ3) is 2.97. The number of aryl methyl sites for hydroxylation is 2. The van der Waals surface area contributed by atoms with Gasteiger partial charge in [-0.15, -0.1) is 0 Å². The molecule has 1 saturated heterocycles. The molecule has 1 aliphatic heterocycles. The van der Waals surface area contributed by atoms with Crippen LogP contribution in [0.3, 0.4) is 0 Å². The zero-order valence-corrected chi connectivity index (χ0v) is 16.1. The second-order valence-electron chi connectivity index (χ2n) is 7.68. The van der Waals surface area contributed by atoms with Crippen molar-refractivity contribution in [2.24, 2.45) is 5.92 Å². The Bertz CT molecular complexity index is 893. The molecule has 1 fully saturated rings. The van der Waals surface area contributed by atoms with E-state index in [1.54, 1.807) is 0 Å². The van der Waals surface area contributed by atoms with Gasteiger partial charge in [0.15, 0.2) is 0 Å². The summed E-state index contributed by atoms with van der Waals surface area (Å²) < 4.78 is 4.34. The molecule has 4 rings (SSSR count). The lowest BCUT2D eigenvalue weighted by Crippen LogP contribution is -2.37. The van der Waals surface area contributed by atoms with Gasteiger partial charge in [-0.1, -0.05) is 13.0 Å². The normalized spacial score (nSPS) is 21.2. The van der Waals surface area contributed by atoms with Crippen molar-refractivity contribution in [1.82, 2.24) is 24.2 Å². The van der Waals surface area contributed by atoms with Gasteiger partial charge in [-0.2, -0.15) is 5.10 Å². The molecule has 1 aliphatic rings. The Labute approximate surface area is 155 Å². The number of piperidine rings is 1. The summed E-state index contributed by atoms with van der Waals surface area (Å²) in [5, 5.41) is 4.48. The lowest BCUT2D eigenvalue weighted by molar-refractivity contribution is 0.160. The monoisotopic (exact) mass is 349 g/mol. The molecule has 2 aromatic heterocycles. The maximum Gasteiger partial charge on any atom is 0.142 e. The molecule has 0 aliphatic carbocycles. The van der Waals surface area contributed by atoms with E-state index in [1.807, 2.05) is 29.3 Å². The fourth-order valence-electron chi connectivity index (χ4n) is 4.36. The fourth-order valence-corrected chi connectivity index (χ4v) is 4.36. The molecule has 3 aromatic rings. The van der Waals surface area contributed by atoms with Crippen LogP contribution in [0.5, 0.6) is 0 Å². The predicted molar refractivity (Wildman–Crippen MR) is 105 cm³/mol. The van der Waals surface area contributed by atoms with E-state index >= 15 is 0 Å². The highest BCUT2D eigenvalue weighted by atomic mass is 15.3. The van der Waals surface area contributed by atoms with Crippen LogP contribution in [0.1, 0.15) is 30.5 Å². The van der Waals surface area contributed by atoms with Crippen molar-refractivity contribution in [3.05, 3.63) is 54.1 Å². The molecule has 0 amide bonds. The molecule has 3 heterocycles. The third-order valence-electron chi connectivity index (χ3n) is 5.52. The highest BCUT2D eigenvalue weighted by Crippen LogP contribution is 2.35. The summed E-state index contributed by atoms with van der Waals surface area (Å²) in [4.78, 5) is 7.21. The van der Waals surface area contributed by atoms with Crippen LogP contribution < -0.4 is 0 Å². The van der Waals surface area contributed by atoms with Crippen LogP contribution in [0.4, 0.5) is 0 Å². The Hall–Kier alpha value is -2.40. The topological polar surface area (TPSA) is 38.9 Å². The molecule has 2 atom stereocenters. The van der Waals surface area contributed by atoms with Crippen LogP contribution in [0.2, 0.25) is 0 Å². The van der Waals surface area contributed by atoms with Gasteiger partial charge < -0.3 is 9.47 Å². The summed E-state index contributed by atoms with van der Waals surface area (Å²) >= 11 is 0. The second-order valence-corrected chi connectivity index (χ2v) is 7.68. The predicted octanol–water partition coefficient (Wildman–Crippen LogP) is 3.87. The van der Waals surface area contributed by atoms with E-state index in [0.717, 1.165) is 31.0 Å². The van der Waals surface area contributed by atoms with Gasteiger partial charge >= 0.3 is 0 Å². The molecule has 5 nitrogen and oxygen atoms in total. The zero-order valence-electron chi connectivity index (χ0n) is 16.1. The molecule has 0 N–H and O–H groups in total. The molecule has 26 heavy (non-hydrogen) atoms. The number of hydrogen-bond acceptors (Lipinski definition) is 3. The van der Waals surface area contributed by atoms with E-state index in [9.17, 15) is 0 Å². The number of rotatable bonds is 3. The lowest BCUT2D eigenvalue weighted by atomic mass is 9.93. The number of hydrogen-bond donors (Lipinski definition) is 0. The minimum absolute atomic E-state index is 0.481. The first-order chi connectivity index (χ1) is 12.5. The average molecular weight is 349 g/mol. The van der Waals surface area contributed by atoms with Gasteiger partial charge in [0.2, 0.25) is 0 Å². The van der Waals surface area contributed by atoms with Crippen molar-refractivity contribution in [3.8, 4) is 17.1 Å². The molecular formula is C21H27N5. The van der Waals surface area contributed by atoms with E-state index in [1.165, 1.54) is 16.7 Å². The van der Waals surface area contributed by atoms with Gasteiger partial charge in [-0.05, 0) is 63.0 Å². The van der Waals surface area contributed by atoms with Gasteiger partial charge in [0.05, 0.1) is 5.69 Å². The SMILES string of the molecule is Cc1cc(C)c(-c2nccn2[C@H]2CCN(C)C[C@@H]2C)c(-n2cccn2)c1. The molecule has 136 valence electrons. The summed E-state index contributed by atoms with van der Waals surface area (Å²) in [5.74, 6) is 1.65. The first kappa shape index (κ1) is 17.0. The van der Waals surface area contributed by atoms with Crippen molar-refractivity contribution in [2.45, 2.75) is 33.2 Å². The van der Waals surface area contributed by atoms with Crippen LogP contribution in [-0.4, -0.2) is 44.4 Å². The summed E-state index contributed by atoms with van der Waals surface area (Å²) in [6.45, 7) is 8.91. The summed E-state index contributed by atoms with van der Waals surface area (Å²) in [6.07, 6.45) is 9.07. The van der Waals surface area contributed by atoms with Crippen molar-refractivity contribution >= 4 is 0 Å². The highest BCUT2D eigenvalue weighted by Gasteiger charge is 2.28. The molecule has 1 aromatic carbocycles. The van der Waals surface area contributed by atoms with E-state index in [0.29, 0.717) is 12.0 Å². The van der Waals surface area contributed by atoms with E-state index in [4.69, 9.17) is 4.98 Å². The van der Waals surface area contributed by atoms with Crippen molar-refractivity contribution in [2.75, 3.05) is 20.1 Å². The van der Waals surface area contributed by atoms with Crippen LogP contribution in [0, 0.1) is 19.8 Å². The summed E-state index contributed by atoms with van der Waals surface area (Å²) in [5.41, 5.74) is 4.75. The van der Waals surface area contributed by atoms with Crippen molar-refractivity contribution < 1.29 is 0 Å². The lowest BCUT2D eigenvalue weighted by Gasteiger charge is -2.36. The van der Waals surface area contributed by atoms with Gasteiger partial charge in [0, 0.05) is 42.9 Å². The van der Waals surface area contributed by atoms with Gasteiger partial charge in [0.25, 0.3) is 0 Å². The van der Waals surface area contributed by atoms with Crippen molar-refractivity contribution in [1.29, 1.82) is 0 Å². The van der Waals surface area contributed by atoms with Gasteiger partial charge in [-0.25, -0.2) is 9.67 Å². The molecule has 0 bridgehead atoms. The molecule has 0 radical (unpaired) electrons. The molecule has 0 spiro atoms. The second kappa shape index (κ2) is 6.72. The van der Waals surface area contributed by atoms with Gasteiger partial charge in [-0.3, -0.25) is 0 Å². The maximum absolute atomic E-state index is 4.78. The zero-order chi connectivity index (χ0) is 18.3. The first-order valence-corrected chi connectivity index (χ1v) is 9.37. The number of likely N-dealkylation sites (tertiary alicyclic amines) is 1. The number of nitrogens with zero attached hydrogens (tertiary/aromatic N) is 5. The first-order valence-electron chi connectivity index (χ1n) is 9.37. The molecule has 5 heteroatoms. The highest BCUT2D eigenvalue weighted by molar-refractivity contribution is 5.72. The Kier molecular flexibility index (Phi) is 4.41. The van der Waals surface area contributed by atoms with E-state index < -0.39 is 0 Å². The maximum atomic E-state index is 4.78.